The molecule has 1 heterocycles. The van der Waals surface area contributed by atoms with Crippen LogP contribution in [0.15, 0.2) is 6.20 Å². The molecule has 0 amide bonds. The van der Waals surface area contributed by atoms with Crippen molar-refractivity contribution in [2.24, 2.45) is 0 Å². The number of likely N-dealkylation sites (N-methyl/N-ethyl adjacent to an activating group) is 1. The molecule has 17 heavy (non-hydrogen) atoms. The smallest absolute Gasteiger partial charge is 0.160 e. The Bertz CT molecular complexity index is 346. The number of nitrogens with zero attached hydrogens (tertiary/aromatic N) is 2. The fraction of sp³-hybridized carbons (Fsp3) is 0.769. The first-order valence-corrected chi connectivity index (χ1v) is 6.37. The molecule has 2 atom stereocenters. The summed E-state index contributed by atoms with van der Waals surface area (Å²) in [4.78, 5) is 0. The van der Waals surface area contributed by atoms with Crippen LogP contribution in [0, 0.1) is 0 Å². The normalized spacial score (nSPS) is 15.0. The molecular formula is C13H25N3O. The van der Waals surface area contributed by atoms with Crippen molar-refractivity contribution in [3.8, 4) is 5.75 Å². The summed E-state index contributed by atoms with van der Waals surface area (Å²) < 4.78 is 7.47. The van der Waals surface area contributed by atoms with Crippen LogP contribution in [0.2, 0.25) is 0 Å². The first kappa shape index (κ1) is 14.0. The third kappa shape index (κ3) is 3.00. The Kier molecular flexibility index (Phi) is 5.00. The van der Waals surface area contributed by atoms with Crippen LogP contribution in [0.4, 0.5) is 0 Å². The van der Waals surface area contributed by atoms with E-state index < -0.39 is 0 Å². The van der Waals surface area contributed by atoms with Gasteiger partial charge in [-0.05, 0) is 27.3 Å². The van der Waals surface area contributed by atoms with Crippen LogP contribution in [-0.2, 0) is 0 Å². The summed E-state index contributed by atoms with van der Waals surface area (Å²) in [5.74, 6) is 1.26. The molecule has 0 aliphatic heterocycles. The second kappa shape index (κ2) is 6.05. The Hall–Kier alpha value is -1.03. The molecule has 0 aromatic carbocycles. The molecule has 0 radical (unpaired) electrons. The zero-order valence-corrected chi connectivity index (χ0v) is 11.8. The molecule has 1 rings (SSSR count). The summed E-state index contributed by atoms with van der Waals surface area (Å²) in [6.45, 7) is 11.8. The number of methoxy groups -OCH3 is 1. The lowest BCUT2D eigenvalue weighted by Gasteiger charge is -2.24. The van der Waals surface area contributed by atoms with Crippen molar-refractivity contribution < 1.29 is 4.74 Å². The minimum atomic E-state index is 0.352. The Morgan fingerprint density at radius 1 is 1.35 bits per heavy atom. The second-order valence-corrected chi connectivity index (χ2v) is 4.77. The minimum Gasteiger partial charge on any atom is -0.493 e. The van der Waals surface area contributed by atoms with Crippen LogP contribution in [0.25, 0.3) is 0 Å². The maximum Gasteiger partial charge on any atom is 0.160 e. The van der Waals surface area contributed by atoms with E-state index >= 15 is 0 Å². The molecule has 0 saturated heterocycles. The lowest BCUT2D eigenvalue weighted by molar-refractivity contribution is 0.382. The fourth-order valence-electron chi connectivity index (χ4n) is 2.09. The highest BCUT2D eigenvalue weighted by atomic mass is 16.5. The molecule has 1 aromatic heterocycles. The SMILES string of the molecule is CCNC(C)C(C)c1c(OC)cnn1C(C)C. The Morgan fingerprint density at radius 3 is 2.47 bits per heavy atom. The van der Waals surface area contributed by atoms with Gasteiger partial charge in [0.15, 0.2) is 5.75 Å². The average Bonchev–Trinajstić information content (AvgIpc) is 2.71. The maximum atomic E-state index is 5.41. The third-order valence-electron chi connectivity index (χ3n) is 3.22. The van der Waals surface area contributed by atoms with Gasteiger partial charge in [-0.1, -0.05) is 13.8 Å². The third-order valence-corrected chi connectivity index (χ3v) is 3.22. The molecule has 2 unspecified atom stereocenters. The van der Waals surface area contributed by atoms with Crippen LogP contribution in [0.3, 0.4) is 0 Å². The largest absolute Gasteiger partial charge is 0.493 e. The number of hydrogen-bond donors (Lipinski definition) is 1. The van der Waals surface area contributed by atoms with Crippen molar-refractivity contribution in [3.05, 3.63) is 11.9 Å². The van der Waals surface area contributed by atoms with E-state index in [0.29, 0.717) is 18.0 Å². The Balaban J connectivity index is 3.04. The molecule has 1 aromatic rings. The van der Waals surface area contributed by atoms with Gasteiger partial charge < -0.3 is 10.1 Å². The summed E-state index contributed by atoms with van der Waals surface area (Å²) in [6.07, 6.45) is 1.81. The monoisotopic (exact) mass is 239 g/mol. The predicted octanol–water partition coefficient (Wildman–Crippen LogP) is 2.57. The van der Waals surface area contributed by atoms with E-state index in [1.54, 1.807) is 7.11 Å². The van der Waals surface area contributed by atoms with E-state index in [1.807, 2.05) is 6.20 Å². The molecule has 0 aliphatic carbocycles. The Labute approximate surface area is 104 Å². The summed E-state index contributed by atoms with van der Waals surface area (Å²) in [6, 6.07) is 0.758. The molecule has 0 fully saturated rings. The van der Waals surface area contributed by atoms with E-state index in [-0.39, 0.29) is 0 Å². The molecule has 0 saturated carbocycles. The molecule has 4 heteroatoms. The topological polar surface area (TPSA) is 39.1 Å². The van der Waals surface area contributed by atoms with Crippen molar-refractivity contribution in [2.75, 3.05) is 13.7 Å². The van der Waals surface area contributed by atoms with E-state index in [2.05, 4.69) is 49.7 Å². The summed E-state index contributed by atoms with van der Waals surface area (Å²) in [7, 11) is 1.70. The predicted molar refractivity (Wildman–Crippen MR) is 70.7 cm³/mol. The van der Waals surface area contributed by atoms with Gasteiger partial charge in [0.25, 0.3) is 0 Å². The van der Waals surface area contributed by atoms with Gasteiger partial charge in [0.05, 0.1) is 19.0 Å². The number of ether oxygens (including phenoxy) is 1. The van der Waals surface area contributed by atoms with Gasteiger partial charge in [0.2, 0.25) is 0 Å². The minimum absolute atomic E-state index is 0.352. The lowest BCUT2D eigenvalue weighted by atomic mass is 9.98. The molecule has 4 nitrogen and oxygen atoms in total. The number of hydrogen-bond acceptors (Lipinski definition) is 3. The first-order chi connectivity index (χ1) is 8.02. The zero-order valence-electron chi connectivity index (χ0n) is 11.8. The van der Waals surface area contributed by atoms with E-state index in [0.717, 1.165) is 12.3 Å². The van der Waals surface area contributed by atoms with Gasteiger partial charge >= 0.3 is 0 Å². The molecule has 0 bridgehead atoms. The van der Waals surface area contributed by atoms with Crippen LogP contribution < -0.4 is 10.1 Å². The standard InChI is InChI=1S/C13H25N3O/c1-7-14-11(5)10(4)13-12(17-6)8-15-16(13)9(2)3/h8-11,14H,7H2,1-6H3. The van der Waals surface area contributed by atoms with Gasteiger partial charge in [0.1, 0.15) is 0 Å². The van der Waals surface area contributed by atoms with Crippen molar-refractivity contribution in [3.63, 3.8) is 0 Å². The van der Waals surface area contributed by atoms with Crippen molar-refractivity contribution >= 4 is 0 Å². The van der Waals surface area contributed by atoms with Crippen LogP contribution in [0.5, 0.6) is 5.75 Å². The van der Waals surface area contributed by atoms with Crippen molar-refractivity contribution in [1.29, 1.82) is 0 Å². The van der Waals surface area contributed by atoms with Crippen LogP contribution in [0.1, 0.15) is 52.3 Å². The molecule has 0 spiro atoms. The average molecular weight is 239 g/mol. The van der Waals surface area contributed by atoms with Crippen LogP contribution in [-0.4, -0.2) is 29.5 Å². The lowest BCUT2D eigenvalue weighted by Crippen LogP contribution is -2.32. The highest BCUT2D eigenvalue weighted by Crippen LogP contribution is 2.30. The molecule has 0 aliphatic rings. The second-order valence-electron chi connectivity index (χ2n) is 4.77. The quantitative estimate of drug-likeness (QED) is 0.829. The van der Waals surface area contributed by atoms with Crippen molar-refractivity contribution in [1.82, 2.24) is 15.1 Å². The summed E-state index contributed by atoms with van der Waals surface area (Å²) in [5, 5.41) is 7.87. The van der Waals surface area contributed by atoms with Gasteiger partial charge in [0, 0.05) is 18.0 Å². The number of rotatable bonds is 6. The molecule has 98 valence electrons. The van der Waals surface area contributed by atoms with Crippen LogP contribution >= 0.6 is 0 Å². The van der Waals surface area contributed by atoms with E-state index in [4.69, 9.17) is 4.74 Å². The van der Waals surface area contributed by atoms with Gasteiger partial charge in [-0.3, -0.25) is 4.68 Å². The number of nitrogens with one attached hydrogen (secondary N) is 1. The molecular weight excluding hydrogens is 214 g/mol. The van der Waals surface area contributed by atoms with Gasteiger partial charge in [-0.15, -0.1) is 0 Å². The Morgan fingerprint density at radius 2 is 2.00 bits per heavy atom. The van der Waals surface area contributed by atoms with Gasteiger partial charge in [-0.25, -0.2) is 0 Å². The molecule has 1 N–H and O–H groups in total. The summed E-state index contributed by atoms with van der Waals surface area (Å²) >= 11 is 0. The zero-order chi connectivity index (χ0) is 13.0. The number of aromatic nitrogens is 2. The first-order valence-electron chi connectivity index (χ1n) is 6.37. The summed E-state index contributed by atoms with van der Waals surface area (Å²) in [5.41, 5.74) is 1.18. The van der Waals surface area contributed by atoms with E-state index in [9.17, 15) is 0 Å². The highest BCUT2D eigenvalue weighted by Gasteiger charge is 2.23. The van der Waals surface area contributed by atoms with E-state index in [1.165, 1.54) is 5.69 Å². The fourth-order valence-corrected chi connectivity index (χ4v) is 2.09. The highest BCUT2D eigenvalue weighted by molar-refractivity contribution is 5.29. The maximum absolute atomic E-state index is 5.41. The van der Waals surface area contributed by atoms with Crippen molar-refractivity contribution in [2.45, 2.75) is 52.6 Å². The van der Waals surface area contributed by atoms with Gasteiger partial charge in [-0.2, -0.15) is 5.10 Å².